The predicted octanol–water partition coefficient (Wildman–Crippen LogP) is 4.86. The highest BCUT2D eigenvalue weighted by Crippen LogP contribution is 2.55. The molecule has 4 heterocycles. The van der Waals surface area contributed by atoms with Crippen molar-refractivity contribution in [1.82, 2.24) is 10.2 Å². The minimum atomic E-state index is -2.07. The number of likely N-dealkylation sites (tertiary alicyclic amines) is 1. The molecule has 4 aliphatic rings. The van der Waals surface area contributed by atoms with Crippen LogP contribution in [0, 0.1) is 30.6 Å². The summed E-state index contributed by atoms with van der Waals surface area (Å²) in [5, 5.41) is 63.6. The number of nitrogens with zero attached hydrogens (tertiary/aromatic N) is 1. The van der Waals surface area contributed by atoms with Crippen LogP contribution < -0.4 is 15.4 Å². The Kier molecular flexibility index (Phi) is 14.8. The van der Waals surface area contributed by atoms with E-state index in [1.807, 2.05) is 0 Å². The van der Waals surface area contributed by atoms with E-state index in [2.05, 4.69) is 10.6 Å². The van der Waals surface area contributed by atoms with Gasteiger partial charge in [-0.15, -0.1) is 0 Å². The average molecular weight is 852 g/mol. The van der Waals surface area contributed by atoms with E-state index in [9.17, 15) is 44.7 Å². The second-order valence-electron chi connectivity index (χ2n) is 16.7. The molecule has 0 saturated carbocycles. The second kappa shape index (κ2) is 19.3. The summed E-state index contributed by atoms with van der Waals surface area (Å²) in [6, 6.07) is 0. The molecule has 6 rings (SSSR count). The SMILES string of the molecule is CO[C@H]1/C=C/O[C@@]2(C)Oc3c(C)c(O)c4c(O)c(c(CNCC(=O)N5CCCCC5)c(O)c4c3C2=O)NC(=O)/C(C)=C\C=C\[C@H](C)[C@H](O)[C@@H](C)[C@@H](O)[C@@H](C)[C@H](OC(C)=O)[C@@H]1C. The van der Waals surface area contributed by atoms with Crippen LogP contribution in [0.25, 0.3) is 10.8 Å². The maximum absolute atomic E-state index is 14.4. The summed E-state index contributed by atoms with van der Waals surface area (Å²) in [6.45, 7) is 13.3. The minimum absolute atomic E-state index is 0.0366. The van der Waals surface area contributed by atoms with Gasteiger partial charge < -0.3 is 60.0 Å². The summed E-state index contributed by atoms with van der Waals surface area (Å²) >= 11 is 0. The molecule has 61 heavy (non-hydrogen) atoms. The first kappa shape index (κ1) is 46.9. The number of ketones is 1. The number of rotatable bonds is 6. The van der Waals surface area contributed by atoms with Gasteiger partial charge >= 0.3 is 11.8 Å². The number of aliphatic hydroxyl groups is 2. The van der Waals surface area contributed by atoms with E-state index in [-0.39, 0.29) is 63.5 Å². The molecule has 16 nitrogen and oxygen atoms in total. The van der Waals surface area contributed by atoms with Gasteiger partial charge in [-0.3, -0.25) is 19.2 Å². The lowest BCUT2D eigenvalue weighted by atomic mass is 9.78. The Morgan fingerprint density at radius 2 is 1.61 bits per heavy atom. The van der Waals surface area contributed by atoms with Crippen molar-refractivity contribution >= 4 is 40.0 Å². The summed E-state index contributed by atoms with van der Waals surface area (Å²) < 4.78 is 23.6. The number of phenolic OH excluding ortho intramolecular Hbond substituents is 3. The number of esters is 1. The monoisotopic (exact) mass is 851 g/mol. The lowest BCUT2D eigenvalue weighted by molar-refractivity contribution is -0.160. The zero-order valence-corrected chi connectivity index (χ0v) is 36.4. The van der Waals surface area contributed by atoms with Gasteiger partial charge in [0.2, 0.25) is 5.91 Å². The molecular formula is C45H61N3O13. The highest BCUT2D eigenvalue weighted by molar-refractivity contribution is 6.22. The van der Waals surface area contributed by atoms with Gasteiger partial charge in [-0.05, 0) is 39.2 Å². The molecule has 0 radical (unpaired) electrons. The number of hydrogen-bond acceptors (Lipinski definition) is 14. The molecule has 1 saturated heterocycles. The number of carbonyl (C=O) groups is 4. The standard InChI is InChI=1S/C45H61N3O13/c1-22-14-13-15-23(2)44(57)47-35-29(20-46-21-31(50)48-17-11-10-12-18-48)39(54)32-33(40(35)55)38(53)27(6)42-34(32)43(56)45(8,61-42)59-19-16-30(58-9)24(3)41(60-28(7)49)26(5)37(52)25(4)36(22)51/h13-16,19,22,24-26,30,36-37,41,46,51-55H,10-12,17-18,20-21H2,1-9H3,(H,47,57)/b14-13+,19-16+,23-15-/t22-,24+,25+,26+,30-,36-,37+,41+,45-/m0/s1. The molecule has 7 N–H and O–H groups in total. The molecule has 0 aliphatic carbocycles. The number of benzene rings is 2. The number of allylic oxidation sites excluding steroid dienone is 2. The number of Topliss-reactive ketones (excluding diaryl/α,β-unsaturated/α-hetero) is 1. The van der Waals surface area contributed by atoms with E-state index >= 15 is 0 Å². The van der Waals surface area contributed by atoms with Gasteiger partial charge in [0.1, 0.15) is 23.4 Å². The molecule has 2 aromatic carbocycles. The van der Waals surface area contributed by atoms with Crippen LogP contribution in [0.15, 0.2) is 36.1 Å². The molecule has 16 heteroatoms. The van der Waals surface area contributed by atoms with Crippen LogP contribution >= 0.6 is 0 Å². The van der Waals surface area contributed by atoms with Crippen LogP contribution in [-0.2, 0) is 35.1 Å². The van der Waals surface area contributed by atoms with Crippen molar-refractivity contribution in [3.63, 3.8) is 0 Å². The zero-order chi connectivity index (χ0) is 45.1. The van der Waals surface area contributed by atoms with Crippen molar-refractivity contribution in [2.24, 2.45) is 23.7 Å². The zero-order valence-electron chi connectivity index (χ0n) is 36.4. The van der Waals surface area contributed by atoms with Crippen molar-refractivity contribution in [2.45, 2.75) is 111 Å². The molecule has 9 atom stereocenters. The van der Waals surface area contributed by atoms with Crippen molar-refractivity contribution in [1.29, 1.82) is 0 Å². The van der Waals surface area contributed by atoms with Crippen LogP contribution in [0.5, 0.6) is 23.0 Å². The maximum Gasteiger partial charge on any atom is 0.312 e. The van der Waals surface area contributed by atoms with Crippen molar-refractivity contribution in [3.05, 3.63) is 52.8 Å². The van der Waals surface area contributed by atoms with Gasteiger partial charge in [0.05, 0.1) is 47.8 Å². The van der Waals surface area contributed by atoms with Gasteiger partial charge in [-0.25, -0.2) is 0 Å². The second-order valence-corrected chi connectivity index (χ2v) is 16.7. The van der Waals surface area contributed by atoms with Crippen molar-refractivity contribution in [2.75, 3.05) is 32.1 Å². The highest BCUT2D eigenvalue weighted by atomic mass is 16.7. The van der Waals surface area contributed by atoms with E-state index in [4.69, 9.17) is 18.9 Å². The number of aromatic hydroxyl groups is 3. The van der Waals surface area contributed by atoms with E-state index in [0.29, 0.717) is 13.1 Å². The lowest BCUT2D eigenvalue weighted by Gasteiger charge is -2.38. The fourth-order valence-electron chi connectivity index (χ4n) is 8.51. The average Bonchev–Trinajstić information content (AvgIpc) is 3.50. The lowest BCUT2D eigenvalue weighted by Crippen LogP contribution is -2.46. The highest BCUT2D eigenvalue weighted by Gasteiger charge is 2.50. The van der Waals surface area contributed by atoms with Gasteiger partial charge in [-0.1, -0.05) is 45.9 Å². The molecule has 0 spiro atoms. The van der Waals surface area contributed by atoms with Crippen LogP contribution in [-0.4, -0.2) is 111 Å². The number of anilines is 1. The molecular weight excluding hydrogens is 791 g/mol. The largest absolute Gasteiger partial charge is 0.507 e. The van der Waals surface area contributed by atoms with E-state index in [0.717, 1.165) is 19.3 Å². The third-order valence-corrected chi connectivity index (χ3v) is 12.4. The maximum atomic E-state index is 14.4. The third kappa shape index (κ3) is 9.52. The predicted molar refractivity (Wildman–Crippen MR) is 226 cm³/mol. The van der Waals surface area contributed by atoms with Gasteiger partial charge in [-0.2, -0.15) is 0 Å². The smallest absolute Gasteiger partial charge is 0.312 e. The van der Waals surface area contributed by atoms with E-state index in [1.54, 1.807) is 44.7 Å². The van der Waals surface area contributed by atoms with Crippen LogP contribution in [0.3, 0.4) is 0 Å². The summed E-state index contributed by atoms with van der Waals surface area (Å²) in [5.41, 5.74) is -0.359. The molecule has 1 fully saturated rings. The Morgan fingerprint density at radius 3 is 2.25 bits per heavy atom. The first-order valence-electron chi connectivity index (χ1n) is 20.8. The van der Waals surface area contributed by atoms with Gasteiger partial charge in [0, 0.05) is 86.3 Å². The first-order valence-corrected chi connectivity index (χ1v) is 20.8. The number of methoxy groups -OCH3 is 1. The number of hydrogen-bond donors (Lipinski definition) is 7. The fraction of sp³-hybridized carbons (Fsp3) is 0.556. The van der Waals surface area contributed by atoms with Gasteiger partial charge in [0.25, 0.3) is 11.7 Å². The topological polar surface area (TPSA) is 234 Å². The number of fused-ring (bicyclic) bond motifs is 14. The Bertz CT molecular complexity index is 2110. The van der Waals surface area contributed by atoms with Crippen molar-refractivity contribution in [3.8, 4) is 23.0 Å². The number of amides is 2. The molecule has 4 aliphatic heterocycles. The normalized spacial score (nSPS) is 30.9. The molecule has 2 amide bonds. The minimum Gasteiger partial charge on any atom is -0.507 e. The van der Waals surface area contributed by atoms with E-state index < -0.39 is 88.8 Å². The van der Waals surface area contributed by atoms with Crippen LogP contribution in [0.1, 0.15) is 89.2 Å². The molecule has 0 aromatic heterocycles. The van der Waals surface area contributed by atoms with Crippen LogP contribution in [0.2, 0.25) is 0 Å². The number of piperidine rings is 1. The van der Waals surface area contributed by atoms with Crippen molar-refractivity contribution < 1.29 is 63.7 Å². The number of carbonyl (C=O) groups excluding carboxylic acids is 4. The number of phenols is 3. The quantitative estimate of drug-likeness (QED) is 0.117. The van der Waals surface area contributed by atoms with Gasteiger partial charge in [0.15, 0.2) is 5.75 Å². The summed E-state index contributed by atoms with van der Waals surface area (Å²) in [4.78, 5) is 55.4. The third-order valence-electron chi connectivity index (χ3n) is 12.4. The van der Waals surface area contributed by atoms with E-state index in [1.165, 1.54) is 53.2 Å². The summed E-state index contributed by atoms with van der Waals surface area (Å²) in [5.74, 6) is -8.71. The summed E-state index contributed by atoms with van der Waals surface area (Å²) in [7, 11) is 1.43. The Morgan fingerprint density at radius 1 is 0.934 bits per heavy atom. The molecule has 334 valence electrons. The fourth-order valence-corrected chi connectivity index (χ4v) is 8.51. The molecule has 0 unspecified atom stereocenters. The Hall–Kier alpha value is -5.16. The molecule has 5 bridgehead atoms. The number of nitrogens with one attached hydrogen (secondary N) is 2. The first-order chi connectivity index (χ1) is 28.7. The summed E-state index contributed by atoms with van der Waals surface area (Å²) in [6.07, 6.45) is 6.25. The molecule has 2 aromatic rings. The number of ether oxygens (including phenoxy) is 4. The Labute approximate surface area is 356 Å². The van der Waals surface area contributed by atoms with Crippen LogP contribution in [0.4, 0.5) is 5.69 Å². The number of aliphatic hydroxyl groups excluding tert-OH is 2. The Balaban J connectivity index is 1.66.